The maximum atomic E-state index is 12.9. The summed E-state index contributed by atoms with van der Waals surface area (Å²) in [6, 6.07) is 6.88. The summed E-state index contributed by atoms with van der Waals surface area (Å²) in [5.41, 5.74) is -0.917. The molecule has 9 heteroatoms. The third-order valence-corrected chi connectivity index (χ3v) is 5.74. The average molecular weight is 463 g/mol. The molecular formula is C23H31ClN4O4. The van der Waals surface area contributed by atoms with Crippen molar-refractivity contribution in [3.05, 3.63) is 34.9 Å². The lowest BCUT2D eigenvalue weighted by molar-refractivity contribution is -0.132. The standard InChI is InChI=1S/C23H31ClN4O4/c1-14(2)10-19(22(31)27-18(13-25)11-15-8-9-26-21(15)30)28-20(29)12-23(3,32)16-4-6-17(24)7-5-16/h4-7,14-15,18-19,32H,8-12H2,1-3H3,(H,26,30)(H,27,31)(H,28,29)/t15-,18?,19?,23?/m0/s1. The zero-order valence-corrected chi connectivity index (χ0v) is 19.4. The summed E-state index contributed by atoms with van der Waals surface area (Å²) in [7, 11) is 0. The van der Waals surface area contributed by atoms with Gasteiger partial charge in [-0.1, -0.05) is 37.6 Å². The molecule has 1 aliphatic heterocycles. The fraction of sp³-hybridized carbons (Fsp3) is 0.565. The summed E-state index contributed by atoms with van der Waals surface area (Å²) in [5.74, 6) is -1.30. The molecule has 3 unspecified atom stereocenters. The van der Waals surface area contributed by atoms with Crippen molar-refractivity contribution < 1.29 is 19.5 Å². The number of carbonyl (C=O) groups is 3. The lowest BCUT2D eigenvalue weighted by atomic mass is 9.92. The molecule has 8 nitrogen and oxygen atoms in total. The van der Waals surface area contributed by atoms with Crippen LogP contribution in [0.5, 0.6) is 0 Å². The van der Waals surface area contributed by atoms with Crippen LogP contribution in [0, 0.1) is 23.2 Å². The van der Waals surface area contributed by atoms with Gasteiger partial charge in [-0.3, -0.25) is 14.4 Å². The van der Waals surface area contributed by atoms with Gasteiger partial charge < -0.3 is 21.1 Å². The molecular weight excluding hydrogens is 432 g/mol. The maximum Gasteiger partial charge on any atom is 0.243 e. The minimum Gasteiger partial charge on any atom is -0.385 e. The first-order valence-corrected chi connectivity index (χ1v) is 11.1. The van der Waals surface area contributed by atoms with Gasteiger partial charge in [0.2, 0.25) is 17.7 Å². The van der Waals surface area contributed by atoms with Gasteiger partial charge in [-0.05, 0) is 49.8 Å². The highest BCUT2D eigenvalue weighted by atomic mass is 35.5. The van der Waals surface area contributed by atoms with Gasteiger partial charge >= 0.3 is 0 Å². The Morgan fingerprint density at radius 3 is 2.50 bits per heavy atom. The van der Waals surface area contributed by atoms with Crippen LogP contribution < -0.4 is 16.0 Å². The number of hydrogen-bond acceptors (Lipinski definition) is 5. The zero-order chi connectivity index (χ0) is 23.9. The van der Waals surface area contributed by atoms with E-state index in [1.54, 1.807) is 24.3 Å². The van der Waals surface area contributed by atoms with E-state index >= 15 is 0 Å². The third kappa shape index (κ3) is 7.50. The van der Waals surface area contributed by atoms with Gasteiger partial charge in [0, 0.05) is 17.5 Å². The Morgan fingerprint density at radius 2 is 1.97 bits per heavy atom. The lowest BCUT2D eigenvalue weighted by Gasteiger charge is -2.26. The molecule has 0 aliphatic carbocycles. The summed E-state index contributed by atoms with van der Waals surface area (Å²) >= 11 is 5.88. The second-order valence-electron chi connectivity index (χ2n) is 8.91. The number of hydrogen-bond donors (Lipinski definition) is 4. The predicted molar refractivity (Wildman–Crippen MR) is 120 cm³/mol. The molecule has 3 amide bonds. The molecule has 4 N–H and O–H groups in total. The average Bonchev–Trinajstić information content (AvgIpc) is 3.10. The predicted octanol–water partition coefficient (Wildman–Crippen LogP) is 2.00. The minimum atomic E-state index is -1.45. The second-order valence-corrected chi connectivity index (χ2v) is 9.35. The SMILES string of the molecule is CC(C)CC(NC(=O)CC(C)(O)c1ccc(Cl)cc1)C(=O)NC(C#N)C[C@@H]1CCNC1=O. The molecule has 0 radical (unpaired) electrons. The molecule has 4 atom stereocenters. The molecule has 0 spiro atoms. The Bertz CT molecular complexity index is 864. The third-order valence-electron chi connectivity index (χ3n) is 5.49. The Morgan fingerprint density at radius 1 is 1.31 bits per heavy atom. The molecule has 2 rings (SSSR count). The van der Waals surface area contributed by atoms with Gasteiger partial charge in [0.05, 0.1) is 18.1 Å². The van der Waals surface area contributed by atoms with Crippen LogP contribution in [0.3, 0.4) is 0 Å². The number of carbonyl (C=O) groups excluding carboxylic acids is 3. The number of nitriles is 1. The quantitative estimate of drug-likeness (QED) is 0.422. The topological polar surface area (TPSA) is 131 Å². The molecule has 0 bridgehead atoms. The van der Waals surface area contributed by atoms with Gasteiger partial charge in [0.1, 0.15) is 12.1 Å². The van der Waals surface area contributed by atoms with Crippen LogP contribution in [0.15, 0.2) is 24.3 Å². The normalized spacial score (nSPS) is 19.4. The monoisotopic (exact) mass is 462 g/mol. The van der Waals surface area contributed by atoms with E-state index in [0.717, 1.165) is 0 Å². The molecule has 1 heterocycles. The van der Waals surface area contributed by atoms with E-state index in [1.807, 2.05) is 19.9 Å². The van der Waals surface area contributed by atoms with E-state index < -0.39 is 29.5 Å². The summed E-state index contributed by atoms with van der Waals surface area (Å²) in [4.78, 5) is 37.3. The van der Waals surface area contributed by atoms with Gasteiger partial charge in [-0.2, -0.15) is 5.26 Å². The van der Waals surface area contributed by atoms with E-state index in [1.165, 1.54) is 6.92 Å². The lowest BCUT2D eigenvalue weighted by Crippen LogP contribution is -2.51. The molecule has 0 aromatic heterocycles. The number of nitrogens with one attached hydrogen (secondary N) is 3. The number of benzene rings is 1. The van der Waals surface area contributed by atoms with Crippen molar-refractivity contribution in [1.29, 1.82) is 5.26 Å². The molecule has 174 valence electrons. The van der Waals surface area contributed by atoms with E-state index in [9.17, 15) is 24.8 Å². The molecule has 1 aromatic carbocycles. The molecule has 0 saturated carbocycles. The van der Waals surface area contributed by atoms with Crippen LogP contribution >= 0.6 is 11.6 Å². The first-order valence-electron chi connectivity index (χ1n) is 10.8. The summed E-state index contributed by atoms with van der Waals surface area (Å²) in [5, 5.41) is 28.8. The maximum absolute atomic E-state index is 12.9. The molecule has 1 aliphatic rings. The van der Waals surface area contributed by atoms with Crippen molar-refractivity contribution >= 4 is 29.3 Å². The van der Waals surface area contributed by atoms with Gasteiger partial charge in [-0.15, -0.1) is 0 Å². The fourth-order valence-corrected chi connectivity index (χ4v) is 3.87. The summed E-state index contributed by atoms with van der Waals surface area (Å²) < 4.78 is 0. The number of nitrogens with zero attached hydrogens (tertiary/aromatic N) is 1. The van der Waals surface area contributed by atoms with Crippen LogP contribution in [0.1, 0.15) is 52.0 Å². The first-order chi connectivity index (χ1) is 15.0. The number of aliphatic hydroxyl groups is 1. The summed E-state index contributed by atoms with van der Waals surface area (Å²) in [6.45, 7) is 5.92. The van der Waals surface area contributed by atoms with Crippen molar-refractivity contribution in [2.24, 2.45) is 11.8 Å². The molecule has 1 fully saturated rings. The number of halogens is 1. The number of amides is 3. The Hall–Kier alpha value is -2.63. The highest BCUT2D eigenvalue weighted by molar-refractivity contribution is 6.30. The van der Waals surface area contributed by atoms with Crippen molar-refractivity contribution in [2.45, 2.75) is 64.1 Å². The minimum absolute atomic E-state index is 0.101. The van der Waals surface area contributed by atoms with Crippen LogP contribution in [-0.4, -0.2) is 41.5 Å². The second kappa shape index (κ2) is 11.3. The van der Waals surface area contributed by atoms with E-state index in [0.29, 0.717) is 30.0 Å². The van der Waals surface area contributed by atoms with Crippen LogP contribution in [0.25, 0.3) is 0 Å². The van der Waals surface area contributed by atoms with Crippen molar-refractivity contribution in [2.75, 3.05) is 6.54 Å². The van der Waals surface area contributed by atoms with Crippen LogP contribution in [-0.2, 0) is 20.0 Å². The smallest absolute Gasteiger partial charge is 0.243 e. The number of rotatable bonds is 10. The van der Waals surface area contributed by atoms with Crippen molar-refractivity contribution in [1.82, 2.24) is 16.0 Å². The Kier molecular flexibility index (Phi) is 9.05. The highest BCUT2D eigenvalue weighted by Crippen LogP contribution is 2.26. The molecule has 32 heavy (non-hydrogen) atoms. The zero-order valence-electron chi connectivity index (χ0n) is 18.7. The first kappa shape index (κ1) is 25.6. The van der Waals surface area contributed by atoms with E-state index in [4.69, 9.17) is 11.6 Å². The molecule has 1 saturated heterocycles. The van der Waals surface area contributed by atoms with Gasteiger partial charge in [0.15, 0.2) is 0 Å². The highest BCUT2D eigenvalue weighted by Gasteiger charge is 2.32. The van der Waals surface area contributed by atoms with E-state index in [-0.39, 0.29) is 30.6 Å². The molecule has 1 aromatic rings. The van der Waals surface area contributed by atoms with Crippen molar-refractivity contribution in [3.63, 3.8) is 0 Å². The summed E-state index contributed by atoms with van der Waals surface area (Å²) in [6.07, 6.45) is 0.962. The largest absolute Gasteiger partial charge is 0.385 e. The van der Waals surface area contributed by atoms with E-state index in [2.05, 4.69) is 16.0 Å². The Labute approximate surface area is 193 Å². The van der Waals surface area contributed by atoms with Crippen LogP contribution in [0.4, 0.5) is 0 Å². The van der Waals surface area contributed by atoms with Gasteiger partial charge in [0.25, 0.3) is 0 Å². The van der Waals surface area contributed by atoms with Gasteiger partial charge in [-0.25, -0.2) is 0 Å². The fourth-order valence-electron chi connectivity index (χ4n) is 3.74. The Balaban J connectivity index is 2.02. The van der Waals surface area contributed by atoms with Crippen molar-refractivity contribution in [3.8, 4) is 6.07 Å². The van der Waals surface area contributed by atoms with Crippen LogP contribution in [0.2, 0.25) is 5.02 Å².